The van der Waals surface area contributed by atoms with Crippen molar-refractivity contribution in [2.24, 2.45) is 0 Å². The van der Waals surface area contributed by atoms with Gasteiger partial charge in [0.05, 0.1) is 24.7 Å². The first-order chi connectivity index (χ1) is 19.2. The molecule has 2 aliphatic heterocycles. The van der Waals surface area contributed by atoms with E-state index in [4.69, 9.17) is 24.4 Å². The number of benzene rings is 1. The first-order valence-electron chi connectivity index (χ1n) is 12.6. The van der Waals surface area contributed by atoms with Gasteiger partial charge in [0, 0.05) is 48.9 Å². The highest BCUT2D eigenvalue weighted by Crippen LogP contribution is 2.30. The minimum absolute atomic E-state index is 0.0791. The van der Waals surface area contributed by atoms with E-state index in [-0.39, 0.29) is 12.1 Å². The summed E-state index contributed by atoms with van der Waals surface area (Å²) >= 11 is 1.69. The highest BCUT2D eigenvalue weighted by Gasteiger charge is 2.22. The smallest absolute Gasteiger partial charge is 0.326 e. The SMILES string of the molecule is O=C(Nc1ccc(-c2nc(-c3ccc(CN4CCOCC4)s3)nc(C3CNCCO3)n2)cc1)Nc1nn[nH]n1. The third-order valence-corrected chi connectivity index (χ3v) is 7.27. The van der Waals surface area contributed by atoms with Gasteiger partial charge in [0.2, 0.25) is 0 Å². The van der Waals surface area contributed by atoms with Crippen LogP contribution in [0.25, 0.3) is 22.1 Å². The van der Waals surface area contributed by atoms with Crippen molar-refractivity contribution in [1.82, 2.24) is 45.8 Å². The third kappa shape index (κ3) is 6.40. The zero-order chi connectivity index (χ0) is 26.4. The topological polar surface area (TPSA) is 168 Å². The maximum atomic E-state index is 12.2. The molecule has 1 unspecified atom stereocenters. The summed E-state index contributed by atoms with van der Waals surface area (Å²) < 4.78 is 11.4. The quantitative estimate of drug-likeness (QED) is 0.266. The molecule has 39 heavy (non-hydrogen) atoms. The fourth-order valence-corrected chi connectivity index (χ4v) is 5.24. The maximum Gasteiger partial charge on any atom is 0.326 e. The first kappa shape index (κ1) is 25.4. The molecule has 2 saturated heterocycles. The molecule has 2 amide bonds. The Morgan fingerprint density at radius 2 is 1.87 bits per heavy atom. The summed E-state index contributed by atoms with van der Waals surface area (Å²) in [4.78, 5) is 31.2. The van der Waals surface area contributed by atoms with Crippen LogP contribution in [0.3, 0.4) is 0 Å². The Hall–Kier alpha value is -3.89. The fraction of sp³-hybridized carbons (Fsp3) is 0.375. The molecule has 0 aliphatic carbocycles. The highest BCUT2D eigenvalue weighted by molar-refractivity contribution is 7.15. The highest BCUT2D eigenvalue weighted by atomic mass is 32.1. The van der Waals surface area contributed by atoms with E-state index in [1.807, 2.05) is 12.1 Å². The molecule has 0 bridgehead atoms. The number of carbonyl (C=O) groups is 1. The number of nitrogens with zero attached hydrogens (tertiary/aromatic N) is 7. The number of anilines is 2. The van der Waals surface area contributed by atoms with Gasteiger partial charge in [-0.1, -0.05) is 5.10 Å². The van der Waals surface area contributed by atoms with E-state index in [0.717, 1.165) is 49.8 Å². The summed E-state index contributed by atoms with van der Waals surface area (Å²) in [6.45, 7) is 6.31. The van der Waals surface area contributed by atoms with Crippen LogP contribution in [-0.2, 0) is 16.0 Å². The number of ether oxygens (including phenoxy) is 2. The Bertz CT molecular complexity index is 1380. The maximum absolute atomic E-state index is 12.2. The summed E-state index contributed by atoms with van der Waals surface area (Å²) in [6.07, 6.45) is -0.262. The van der Waals surface area contributed by atoms with Gasteiger partial charge >= 0.3 is 6.03 Å². The van der Waals surface area contributed by atoms with Gasteiger partial charge in [0.1, 0.15) is 6.10 Å². The molecule has 1 atom stereocenters. The lowest BCUT2D eigenvalue weighted by molar-refractivity contribution is 0.0221. The van der Waals surface area contributed by atoms with E-state index in [1.165, 1.54) is 4.88 Å². The van der Waals surface area contributed by atoms with Crippen LogP contribution in [0.4, 0.5) is 16.4 Å². The van der Waals surface area contributed by atoms with Crippen molar-refractivity contribution in [3.8, 4) is 22.1 Å². The Balaban J connectivity index is 1.23. The van der Waals surface area contributed by atoms with Gasteiger partial charge in [-0.3, -0.25) is 10.2 Å². The molecule has 202 valence electrons. The molecule has 14 nitrogen and oxygen atoms in total. The van der Waals surface area contributed by atoms with E-state index < -0.39 is 6.03 Å². The second kappa shape index (κ2) is 11.9. The number of nitrogens with one attached hydrogen (secondary N) is 4. The zero-order valence-electron chi connectivity index (χ0n) is 21.0. The van der Waals surface area contributed by atoms with Crippen LogP contribution in [0, 0.1) is 0 Å². The molecule has 2 fully saturated rings. The number of urea groups is 1. The predicted molar refractivity (Wildman–Crippen MR) is 143 cm³/mol. The van der Waals surface area contributed by atoms with Crippen LogP contribution in [0.5, 0.6) is 0 Å². The molecule has 0 radical (unpaired) electrons. The van der Waals surface area contributed by atoms with Gasteiger partial charge in [0.25, 0.3) is 5.95 Å². The van der Waals surface area contributed by atoms with Crippen LogP contribution in [-0.4, -0.2) is 92.5 Å². The van der Waals surface area contributed by atoms with Crippen LogP contribution >= 0.6 is 11.3 Å². The van der Waals surface area contributed by atoms with Gasteiger partial charge in [-0.2, -0.15) is 5.21 Å². The number of tetrazole rings is 1. The van der Waals surface area contributed by atoms with Crippen molar-refractivity contribution < 1.29 is 14.3 Å². The Morgan fingerprint density at radius 1 is 1.03 bits per heavy atom. The molecule has 15 heteroatoms. The normalized spacial score (nSPS) is 18.1. The Kier molecular flexibility index (Phi) is 7.73. The largest absolute Gasteiger partial charge is 0.379 e. The summed E-state index contributed by atoms with van der Waals surface area (Å²) in [5.74, 6) is 1.82. The van der Waals surface area contributed by atoms with Crippen molar-refractivity contribution in [2.75, 3.05) is 56.6 Å². The second-order valence-electron chi connectivity index (χ2n) is 8.95. The van der Waals surface area contributed by atoms with E-state index in [2.05, 4.69) is 53.6 Å². The molecule has 0 saturated carbocycles. The molecule has 6 rings (SSSR count). The molecule has 5 heterocycles. The minimum Gasteiger partial charge on any atom is -0.379 e. The van der Waals surface area contributed by atoms with Crippen molar-refractivity contribution in [3.05, 3.63) is 47.1 Å². The van der Waals surface area contributed by atoms with Crippen LogP contribution < -0.4 is 16.0 Å². The van der Waals surface area contributed by atoms with E-state index in [1.54, 1.807) is 23.5 Å². The van der Waals surface area contributed by atoms with Crippen molar-refractivity contribution >= 4 is 29.0 Å². The summed E-state index contributed by atoms with van der Waals surface area (Å²) in [5, 5.41) is 21.6. The summed E-state index contributed by atoms with van der Waals surface area (Å²) in [5.41, 5.74) is 1.37. The first-order valence-corrected chi connectivity index (χ1v) is 13.4. The number of carbonyl (C=O) groups excluding carboxylic acids is 1. The number of amides is 2. The number of thiophene rings is 1. The summed E-state index contributed by atoms with van der Waals surface area (Å²) in [6, 6.07) is 11.0. The lowest BCUT2D eigenvalue weighted by atomic mass is 10.2. The second-order valence-corrected chi connectivity index (χ2v) is 10.1. The standard InChI is InChI=1S/C24H27N11O3S/c36-24(30-23-31-33-34-32-23)26-16-3-1-15(2-4-16)20-27-21(18-13-25-7-10-38-18)29-22(28-20)19-6-5-17(39-19)14-35-8-11-37-12-9-35/h1-6,18,25H,7-14H2,(H3,26,30,31,32,33,34,36). The summed E-state index contributed by atoms with van der Waals surface area (Å²) in [7, 11) is 0. The molecule has 4 aromatic rings. The number of H-pyrrole nitrogens is 1. The number of aromatic nitrogens is 7. The molecule has 2 aliphatic rings. The van der Waals surface area contributed by atoms with E-state index in [9.17, 15) is 4.79 Å². The van der Waals surface area contributed by atoms with Crippen LogP contribution in [0.1, 0.15) is 16.8 Å². The zero-order valence-corrected chi connectivity index (χ0v) is 21.8. The van der Waals surface area contributed by atoms with Gasteiger partial charge in [-0.25, -0.2) is 19.7 Å². The predicted octanol–water partition coefficient (Wildman–Crippen LogP) is 1.92. The number of rotatable bonds is 7. The van der Waals surface area contributed by atoms with Crippen molar-refractivity contribution in [3.63, 3.8) is 0 Å². The molecule has 1 aromatic carbocycles. The van der Waals surface area contributed by atoms with Gasteiger partial charge < -0.3 is 20.1 Å². The Labute approximate surface area is 227 Å². The number of hydrogen-bond donors (Lipinski definition) is 4. The average molecular weight is 550 g/mol. The van der Waals surface area contributed by atoms with E-state index in [0.29, 0.717) is 36.3 Å². The van der Waals surface area contributed by atoms with Gasteiger partial charge in [-0.15, -0.1) is 16.4 Å². The molecule has 3 aromatic heterocycles. The monoisotopic (exact) mass is 549 g/mol. The average Bonchev–Trinajstić information content (AvgIpc) is 3.67. The van der Waals surface area contributed by atoms with Crippen LogP contribution in [0.2, 0.25) is 0 Å². The lowest BCUT2D eigenvalue weighted by Crippen LogP contribution is -2.35. The van der Waals surface area contributed by atoms with Crippen molar-refractivity contribution in [1.29, 1.82) is 0 Å². The van der Waals surface area contributed by atoms with Crippen LogP contribution in [0.15, 0.2) is 36.4 Å². The fourth-order valence-electron chi connectivity index (χ4n) is 4.25. The minimum atomic E-state index is -0.485. The third-order valence-electron chi connectivity index (χ3n) is 6.21. The molecular formula is C24H27N11O3S. The molecular weight excluding hydrogens is 522 g/mol. The number of aromatic amines is 1. The molecule has 0 spiro atoms. The van der Waals surface area contributed by atoms with Gasteiger partial charge in [0.15, 0.2) is 17.5 Å². The lowest BCUT2D eigenvalue weighted by Gasteiger charge is -2.25. The van der Waals surface area contributed by atoms with Gasteiger partial charge in [-0.05, 0) is 41.6 Å². The number of morpholine rings is 2. The van der Waals surface area contributed by atoms with E-state index >= 15 is 0 Å². The Morgan fingerprint density at radius 3 is 2.64 bits per heavy atom. The number of hydrogen-bond acceptors (Lipinski definition) is 12. The molecule has 4 N–H and O–H groups in total. The van der Waals surface area contributed by atoms with Crippen molar-refractivity contribution in [2.45, 2.75) is 12.6 Å².